The molecule has 31 heavy (non-hydrogen) atoms. The number of benzene rings is 1. The Balaban J connectivity index is 0.00000245. The fourth-order valence-corrected chi connectivity index (χ4v) is 4.03. The first-order valence-corrected chi connectivity index (χ1v) is 10.9. The van der Waals surface area contributed by atoms with E-state index >= 15 is 0 Å². The lowest BCUT2D eigenvalue weighted by Gasteiger charge is -2.43. The Morgan fingerprint density at radius 1 is 1.13 bits per heavy atom. The van der Waals surface area contributed by atoms with Gasteiger partial charge in [-0.3, -0.25) is 9.88 Å². The second-order valence-corrected chi connectivity index (χ2v) is 8.11. The first-order chi connectivity index (χ1) is 15.2. The Morgan fingerprint density at radius 3 is 2.68 bits per heavy atom. The zero-order chi connectivity index (χ0) is 21.2. The van der Waals surface area contributed by atoms with Crippen LogP contribution in [-0.4, -0.2) is 75.1 Å². The molecule has 0 bridgehead atoms. The second-order valence-electron chi connectivity index (χ2n) is 8.11. The average molecular weight is 423 g/mol. The van der Waals surface area contributed by atoms with Crippen molar-refractivity contribution in [1.29, 1.82) is 0 Å². The van der Waals surface area contributed by atoms with Crippen LogP contribution >= 0.6 is 0 Å². The van der Waals surface area contributed by atoms with Crippen LogP contribution < -0.4 is 10.2 Å². The summed E-state index contributed by atoms with van der Waals surface area (Å²) in [6.07, 6.45) is 6.02. The quantitative estimate of drug-likeness (QED) is 0.649. The van der Waals surface area contributed by atoms with Crippen LogP contribution in [-0.2, 0) is 11.2 Å². The van der Waals surface area contributed by atoms with Crippen LogP contribution in [0, 0.1) is 6.92 Å². The number of piperazine rings is 1. The molecule has 0 spiro atoms. The molecule has 0 amide bonds. The third kappa shape index (κ3) is 4.38. The number of hydrogen-bond acceptors (Lipinski definition) is 8. The Morgan fingerprint density at radius 2 is 1.97 bits per heavy atom. The molecule has 5 rings (SSSR count). The number of rotatable bonds is 6. The molecule has 0 aliphatic carbocycles. The lowest BCUT2D eigenvalue weighted by molar-refractivity contribution is -0.0660. The van der Waals surface area contributed by atoms with Gasteiger partial charge in [0.1, 0.15) is 6.33 Å². The van der Waals surface area contributed by atoms with E-state index in [1.54, 1.807) is 23.4 Å². The molecular weight excluding hydrogens is 392 g/mol. The standard InChI is InChI=1S/C22H28N8O.H2/c1-3-17-8-18(26-22-24-15-30(27-22)21-12-23-11-16(2)25-21)10-19(9-17)28-4-6-29(7-5-28)20-13-31-14-20;/h8-12,15,20H,3-7,13-14H2,1-2H3,(H,26,27);1H. The first kappa shape index (κ1) is 19.9. The van der Waals surface area contributed by atoms with Gasteiger partial charge >= 0.3 is 0 Å². The average Bonchev–Trinajstić information content (AvgIpc) is 3.21. The predicted molar refractivity (Wildman–Crippen MR) is 121 cm³/mol. The van der Waals surface area contributed by atoms with Gasteiger partial charge in [0, 0.05) is 45.2 Å². The van der Waals surface area contributed by atoms with Crippen LogP contribution in [0.1, 0.15) is 19.6 Å². The van der Waals surface area contributed by atoms with Gasteiger partial charge in [-0.15, -0.1) is 5.10 Å². The van der Waals surface area contributed by atoms with E-state index in [0.717, 1.165) is 57.2 Å². The molecule has 0 saturated carbocycles. The van der Waals surface area contributed by atoms with Crippen LogP contribution in [0.2, 0.25) is 0 Å². The summed E-state index contributed by atoms with van der Waals surface area (Å²) in [7, 11) is 0. The summed E-state index contributed by atoms with van der Waals surface area (Å²) in [5.41, 5.74) is 4.37. The van der Waals surface area contributed by atoms with Crippen molar-refractivity contribution in [3.8, 4) is 5.82 Å². The summed E-state index contributed by atoms with van der Waals surface area (Å²) >= 11 is 0. The van der Waals surface area contributed by atoms with E-state index in [0.29, 0.717) is 17.8 Å². The van der Waals surface area contributed by atoms with Crippen LogP contribution in [0.3, 0.4) is 0 Å². The summed E-state index contributed by atoms with van der Waals surface area (Å²) in [6.45, 7) is 10.1. The van der Waals surface area contributed by atoms with Gasteiger partial charge in [0.15, 0.2) is 5.82 Å². The number of aromatic nitrogens is 5. The van der Waals surface area contributed by atoms with Gasteiger partial charge in [0.05, 0.1) is 31.1 Å². The molecule has 2 fully saturated rings. The van der Waals surface area contributed by atoms with Gasteiger partial charge < -0.3 is 15.0 Å². The van der Waals surface area contributed by atoms with Crippen molar-refractivity contribution in [1.82, 2.24) is 29.6 Å². The summed E-state index contributed by atoms with van der Waals surface area (Å²) < 4.78 is 6.99. The summed E-state index contributed by atoms with van der Waals surface area (Å²) in [6, 6.07) is 7.26. The largest absolute Gasteiger partial charge is 0.378 e. The van der Waals surface area contributed by atoms with Crippen LogP contribution in [0.15, 0.2) is 36.9 Å². The minimum atomic E-state index is 0. The number of aryl methyl sites for hydroxylation is 2. The Hall–Kier alpha value is -3.04. The molecule has 9 heteroatoms. The molecule has 0 atom stereocenters. The zero-order valence-corrected chi connectivity index (χ0v) is 18.0. The lowest BCUT2D eigenvalue weighted by Crippen LogP contribution is -2.56. The van der Waals surface area contributed by atoms with Gasteiger partial charge in [-0.05, 0) is 37.1 Å². The molecule has 2 aromatic heterocycles. The van der Waals surface area contributed by atoms with Crippen molar-refractivity contribution >= 4 is 17.3 Å². The number of nitrogens with zero attached hydrogens (tertiary/aromatic N) is 7. The van der Waals surface area contributed by atoms with Crippen molar-refractivity contribution in [3.63, 3.8) is 0 Å². The zero-order valence-electron chi connectivity index (χ0n) is 18.0. The maximum atomic E-state index is 5.35. The normalized spacial score (nSPS) is 17.5. The molecule has 1 N–H and O–H groups in total. The van der Waals surface area contributed by atoms with Gasteiger partial charge in [0.2, 0.25) is 5.95 Å². The highest BCUT2D eigenvalue weighted by molar-refractivity contribution is 5.64. The molecule has 3 aromatic rings. The first-order valence-electron chi connectivity index (χ1n) is 10.9. The number of hydrogen-bond donors (Lipinski definition) is 1. The molecule has 1 aromatic carbocycles. The fourth-order valence-electron chi connectivity index (χ4n) is 4.03. The highest BCUT2D eigenvalue weighted by Gasteiger charge is 2.29. The van der Waals surface area contributed by atoms with Crippen LogP contribution in [0.5, 0.6) is 0 Å². The lowest BCUT2D eigenvalue weighted by atomic mass is 10.1. The van der Waals surface area contributed by atoms with Gasteiger partial charge in [-0.1, -0.05) is 6.92 Å². The molecule has 164 valence electrons. The minimum Gasteiger partial charge on any atom is -0.378 e. The molecular formula is C22H30N8O. The SMILES string of the molecule is CCc1cc(Nc2ncn(-c3cncc(C)n3)n2)cc(N2CCN(C3COC3)CC2)c1.[HH]. The number of anilines is 3. The summed E-state index contributed by atoms with van der Waals surface area (Å²) in [4.78, 5) is 18.0. The van der Waals surface area contributed by atoms with E-state index < -0.39 is 0 Å². The van der Waals surface area contributed by atoms with Crippen LogP contribution in [0.4, 0.5) is 17.3 Å². The predicted octanol–water partition coefficient (Wildman–Crippen LogP) is 2.44. The third-order valence-corrected chi connectivity index (χ3v) is 5.93. The van der Waals surface area contributed by atoms with Gasteiger partial charge in [0.25, 0.3) is 0 Å². The maximum absolute atomic E-state index is 5.35. The third-order valence-electron chi connectivity index (χ3n) is 5.93. The highest BCUT2D eigenvalue weighted by atomic mass is 16.5. The highest BCUT2D eigenvalue weighted by Crippen LogP contribution is 2.26. The van der Waals surface area contributed by atoms with Gasteiger partial charge in [-0.2, -0.15) is 9.67 Å². The molecule has 2 aliphatic heterocycles. The van der Waals surface area contributed by atoms with Crippen molar-refractivity contribution in [2.45, 2.75) is 26.3 Å². The minimum absolute atomic E-state index is 0. The summed E-state index contributed by atoms with van der Waals surface area (Å²) in [5.74, 6) is 1.19. The topological polar surface area (TPSA) is 84.2 Å². The van der Waals surface area contributed by atoms with Crippen molar-refractivity contribution in [3.05, 3.63) is 48.2 Å². The molecule has 0 radical (unpaired) electrons. The summed E-state index contributed by atoms with van der Waals surface area (Å²) in [5, 5.41) is 7.88. The van der Waals surface area contributed by atoms with Crippen LogP contribution in [0.25, 0.3) is 5.82 Å². The Bertz CT molecular complexity index is 1050. The van der Waals surface area contributed by atoms with E-state index in [1.165, 1.54) is 11.3 Å². The Kier molecular flexibility index (Phi) is 5.52. The van der Waals surface area contributed by atoms with E-state index in [1.807, 2.05) is 6.92 Å². The van der Waals surface area contributed by atoms with Gasteiger partial charge in [-0.25, -0.2) is 4.98 Å². The van der Waals surface area contributed by atoms with Crippen molar-refractivity contribution in [2.24, 2.45) is 0 Å². The number of nitrogens with one attached hydrogen (secondary N) is 1. The van der Waals surface area contributed by atoms with Crippen molar-refractivity contribution < 1.29 is 6.16 Å². The van der Waals surface area contributed by atoms with E-state index in [9.17, 15) is 0 Å². The fraction of sp³-hybridized carbons (Fsp3) is 0.455. The molecule has 2 saturated heterocycles. The number of ether oxygens (including phenoxy) is 1. The maximum Gasteiger partial charge on any atom is 0.247 e. The van der Waals surface area contributed by atoms with E-state index in [-0.39, 0.29) is 1.43 Å². The molecule has 2 aliphatic rings. The van der Waals surface area contributed by atoms with E-state index in [2.05, 4.69) is 60.3 Å². The molecule has 0 unspecified atom stereocenters. The molecule has 9 nitrogen and oxygen atoms in total. The molecule has 4 heterocycles. The van der Waals surface area contributed by atoms with E-state index in [4.69, 9.17) is 4.74 Å². The van der Waals surface area contributed by atoms with Crippen molar-refractivity contribution in [2.75, 3.05) is 49.6 Å². The Labute approximate surface area is 183 Å². The smallest absolute Gasteiger partial charge is 0.247 e. The second kappa shape index (κ2) is 8.60. The monoisotopic (exact) mass is 422 g/mol.